The first kappa shape index (κ1) is 17.2. The Morgan fingerprint density at radius 3 is 1.96 bits per heavy atom. The average molecular weight is 337 g/mol. The molecule has 0 amide bonds. The molecule has 0 N–H and O–H groups in total. The quantitative estimate of drug-likeness (QED) is 0.475. The first-order chi connectivity index (χ1) is 11.3. The van der Waals surface area contributed by atoms with Gasteiger partial charge in [-0.2, -0.15) is 0 Å². The largest absolute Gasteiger partial charge is 0.358 e. The van der Waals surface area contributed by atoms with Crippen molar-refractivity contribution in [2.45, 2.75) is 50.2 Å². The Balaban J connectivity index is 2.09. The van der Waals surface area contributed by atoms with Crippen molar-refractivity contribution < 1.29 is 4.74 Å². The van der Waals surface area contributed by atoms with Gasteiger partial charge in [0.15, 0.2) is 0 Å². The van der Waals surface area contributed by atoms with E-state index in [2.05, 4.69) is 107 Å². The molecule has 2 heteroatoms. The van der Waals surface area contributed by atoms with Crippen LogP contribution in [0.15, 0.2) is 72.8 Å². The van der Waals surface area contributed by atoms with Crippen molar-refractivity contribution in [1.82, 2.24) is 0 Å². The molecule has 0 spiro atoms. The second-order valence-electron chi connectivity index (χ2n) is 8.28. The van der Waals surface area contributed by atoms with E-state index < -0.39 is 8.07 Å². The summed E-state index contributed by atoms with van der Waals surface area (Å²) in [6.07, 6.45) is 4.63. The third-order valence-corrected chi connectivity index (χ3v) is 12.1. The van der Waals surface area contributed by atoms with Gasteiger partial charge in [-0.05, 0) is 16.2 Å². The van der Waals surface area contributed by atoms with E-state index in [-0.39, 0.29) is 16.4 Å². The Morgan fingerprint density at radius 1 is 0.875 bits per heavy atom. The van der Waals surface area contributed by atoms with Crippen molar-refractivity contribution in [2.24, 2.45) is 0 Å². The highest BCUT2D eigenvalue weighted by molar-refractivity contribution is 6.83. The van der Waals surface area contributed by atoms with Crippen LogP contribution in [0, 0.1) is 0 Å². The van der Waals surface area contributed by atoms with Crippen molar-refractivity contribution in [2.75, 3.05) is 0 Å². The van der Waals surface area contributed by atoms with Gasteiger partial charge in [0.2, 0.25) is 0 Å². The lowest BCUT2D eigenvalue weighted by molar-refractivity contribution is 0.0182. The van der Waals surface area contributed by atoms with Crippen LogP contribution in [0.5, 0.6) is 0 Å². The van der Waals surface area contributed by atoms with E-state index in [0.29, 0.717) is 0 Å². The molecule has 2 atom stereocenters. The fraction of sp³-hybridized carbons (Fsp3) is 0.364. The molecule has 0 fully saturated rings. The molecular formula is C22H28OSi. The molecule has 0 aromatic heterocycles. The summed E-state index contributed by atoms with van der Waals surface area (Å²) in [6, 6.07) is 21.3. The van der Waals surface area contributed by atoms with Crippen LogP contribution in [0.2, 0.25) is 18.1 Å². The molecule has 1 aliphatic rings. The zero-order chi connectivity index (χ0) is 17.4. The third-order valence-electron chi connectivity index (χ3n) is 5.95. The number of ether oxygens (including phenoxy) is 1. The lowest BCUT2D eigenvalue weighted by atomic mass is 10.1. The van der Waals surface area contributed by atoms with Crippen LogP contribution in [0.25, 0.3) is 0 Å². The summed E-state index contributed by atoms with van der Waals surface area (Å²) < 4.78 is 6.86. The molecule has 1 heterocycles. The predicted octanol–water partition coefficient (Wildman–Crippen LogP) is 6.26. The highest BCUT2D eigenvalue weighted by Gasteiger charge is 2.56. The summed E-state index contributed by atoms with van der Waals surface area (Å²) in [6.45, 7) is 12.0. The summed E-state index contributed by atoms with van der Waals surface area (Å²) in [4.78, 5) is 0. The SMILES string of the molecule is CC(C)(C)[Si](C)(C)C1(c2ccccc2)C=CC(c2ccccc2)O1. The molecule has 0 aliphatic carbocycles. The van der Waals surface area contributed by atoms with Gasteiger partial charge in [0, 0.05) is 0 Å². The van der Waals surface area contributed by atoms with Crippen molar-refractivity contribution >= 4 is 8.07 Å². The molecule has 126 valence electrons. The van der Waals surface area contributed by atoms with Crippen LogP contribution in [-0.4, -0.2) is 8.07 Å². The lowest BCUT2D eigenvalue weighted by Gasteiger charge is -2.50. The third kappa shape index (κ3) is 2.68. The van der Waals surface area contributed by atoms with E-state index >= 15 is 0 Å². The molecule has 1 aliphatic heterocycles. The van der Waals surface area contributed by atoms with Gasteiger partial charge in [0.05, 0.1) is 0 Å². The molecule has 0 saturated heterocycles. The van der Waals surface area contributed by atoms with Gasteiger partial charge in [-0.1, -0.05) is 107 Å². The van der Waals surface area contributed by atoms with E-state index in [1.165, 1.54) is 11.1 Å². The maximum absolute atomic E-state index is 6.86. The second kappa shape index (κ2) is 6.02. The summed E-state index contributed by atoms with van der Waals surface area (Å²) in [5, 5.41) is -0.0776. The van der Waals surface area contributed by atoms with Crippen LogP contribution in [-0.2, 0) is 9.96 Å². The van der Waals surface area contributed by atoms with Crippen molar-refractivity contribution in [3.8, 4) is 0 Å². The van der Waals surface area contributed by atoms with Gasteiger partial charge in [0.1, 0.15) is 19.4 Å². The van der Waals surface area contributed by atoms with E-state index in [9.17, 15) is 0 Å². The highest BCUT2D eigenvalue weighted by atomic mass is 28.3. The van der Waals surface area contributed by atoms with E-state index in [1.54, 1.807) is 0 Å². The molecule has 0 saturated carbocycles. The molecule has 2 unspecified atom stereocenters. The predicted molar refractivity (Wildman–Crippen MR) is 105 cm³/mol. The summed E-state index contributed by atoms with van der Waals surface area (Å²) in [7, 11) is -1.85. The Morgan fingerprint density at radius 2 is 1.42 bits per heavy atom. The zero-order valence-corrected chi connectivity index (χ0v) is 16.4. The van der Waals surface area contributed by atoms with E-state index in [1.807, 2.05) is 0 Å². The van der Waals surface area contributed by atoms with E-state index in [4.69, 9.17) is 4.74 Å². The van der Waals surface area contributed by atoms with Gasteiger partial charge >= 0.3 is 0 Å². The second-order valence-corrected chi connectivity index (χ2v) is 13.8. The average Bonchev–Trinajstić information content (AvgIpc) is 3.02. The topological polar surface area (TPSA) is 9.23 Å². The first-order valence-electron chi connectivity index (χ1n) is 8.76. The number of hydrogen-bond donors (Lipinski definition) is 0. The van der Waals surface area contributed by atoms with Crippen LogP contribution < -0.4 is 0 Å². The molecule has 24 heavy (non-hydrogen) atoms. The first-order valence-corrected chi connectivity index (χ1v) is 11.8. The Labute approximate surface area is 147 Å². The zero-order valence-electron chi connectivity index (χ0n) is 15.4. The van der Waals surface area contributed by atoms with Crippen LogP contribution in [0.4, 0.5) is 0 Å². The monoisotopic (exact) mass is 336 g/mol. The summed E-state index contributed by atoms with van der Waals surface area (Å²) in [5.74, 6) is 0. The van der Waals surface area contributed by atoms with Gasteiger partial charge in [-0.25, -0.2) is 0 Å². The number of rotatable bonds is 3. The minimum atomic E-state index is -1.85. The Hall–Kier alpha value is -1.64. The van der Waals surface area contributed by atoms with Gasteiger partial charge in [0.25, 0.3) is 0 Å². The number of hydrogen-bond acceptors (Lipinski definition) is 1. The Kier molecular flexibility index (Phi) is 4.31. The highest BCUT2D eigenvalue weighted by Crippen LogP contribution is 2.54. The molecule has 3 rings (SSSR count). The fourth-order valence-corrected chi connectivity index (χ4v) is 6.38. The molecule has 1 nitrogen and oxygen atoms in total. The maximum atomic E-state index is 6.86. The molecule has 2 aromatic carbocycles. The van der Waals surface area contributed by atoms with Crippen molar-refractivity contribution in [1.29, 1.82) is 0 Å². The van der Waals surface area contributed by atoms with Gasteiger partial charge < -0.3 is 4.74 Å². The van der Waals surface area contributed by atoms with Gasteiger partial charge in [-0.15, -0.1) is 0 Å². The standard InChI is InChI=1S/C22H28OSi/c1-21(2,3)24(4,5)22(19-14-10-7-11-15-19)17-16-20(23-22)18-12-8-6-9-13-18/h6-17,20H,1-5H3. The van der Waals surface area contributed by atoms with Gasteiger partial charge in [-0.3, -0.25) is 0 Å². The minimum Gasteiger partial charge on any atom is -0.358 e. The fourth-order valence-electron chi connectivity index (χ4n) is 3.45. The lowest BCUT2D eigenvalue weighted by Crippen LogP contribution is -2.57. The summed E-state index contributed by atoms with van der Waals surface area (Å²) in [5.41, 5.74) is 2.51. The van der Waals surface area contributed by atoms with Crippen molar-refractivity contribution in [3.05, 3.63) is 83.9 Å². The molecule has 0 bridgehead atoms. The smallest absolute Gasteiger partial charge is 0.102 e. The number of benzene rings is 2. The molecule has 0 radical (unpaired) electrons. The van der Waals surface area contributed by atoms with Crippen LogP contribution in [0.3, 0.4) is 0 Å². The summed E-state index contributed by atoms with van der Waals surface area (Å²) >= 11 is 0. The van der Waals surface area contributed by atoms with Crippen LogP contribution in [0.1, 0.15) is 38.0 Å². The Bertz CT molecular complexity index is 713. The molecular weight excluding hydrogens is 308 g/mol. The van der Waals surface area contributed by atoms with E-state index in [0.717, 1.165) is 0 Å². The molecule has 2 aromatic rings. The van der Waals surface area contributed by atoms with Crippen molar-refractivity contribution in [3.63, 3.8) is 0 Å². The normalized spacial score (nSPS) is 24.3. The minimum absolute atomic E-state index is 0.0283. The maximum Gasteiger partial charge on any atom is 0.102 e. The van der Waals surface area contributed by atoms with Crippen LogP contribution >= 0.6 is 0 Å².